The van der Waals surface area contributed by atoms with E-state index in [1.165, 1.54) is 11.3 Å². The number of nitrogens with one attached hydrogen (secondary N) is 2. The first-order chi connectivity index (χ1) is 13.1. The topological polar surface area (TPSA) is 52.1 Å². The molecule has 0 bridgehead atoms. The number of guanidine groups is 1. The van der Waals surface area contributed by atoms with Gasteiger partial charge in [0.15, 0.2) is 5.96 Å². The minimum absolute atomic E-state index is 0.570. The Kier molecular flexibility index (Phi) is 9.42. The van der Waals surface area contributed by atoms with Crippen LogP contribution in [0.3, 0.4) is 0 Å². The average molecular weight is 376 g/mol. The molecule has 1 aliphatic rings. The van der Waals surface area contributed by atoms with E-state index in [4.69, 9.17) is 4.74 Å². The number of hydrogen-bond acceptors (Lipinski definition) is 4. The van der Waals surface area contributed by atoms with Crippen LogP contribution in [0.4, 0.5) is 5.69 Å². The van der Waals surface area contributed by atoms with Crippen LogP contribution in [0.5, 0.6) is 0 Å². The molecule has 1 unspecified atom stereocenters. The van der Waals surface area contributed by atoms with Crippen LogP contribution in [0, 0.1) is 12.8 Å². The molecule has 1 heterocycles. The molecule has 6 nitrogen and oxygen atoms in total. The van der Waals surface area contributed by atoms with E-state index in [0.717, 1.165) is 65.0 Å². The monoisotopic (exact) mass is 375 g/mol. The molecule has 152 valence electrons. The predicted octanol–water partition coefficient (Wildman–Crippen LogP) is 1.95. The summed E-state index contributed by atoms with van der Waals surface area (Å²) >= 11 is 0. The molecule has 2 rings (SSSR count). The van der Waals surface area contributed by atoms with Crippen LogP contribution in [-0.4, -0.2) is 76.9 Å². The summed E-state index contributed by atoms with van der Waals surface area (Å²) in [7, 11) is 1.83. The highest BCUT2D eigenvalue weighted by Crippen LogP contribution is 2.14. The van der Waals surface area contributed by atoms with Crippen LogP contribution in [-0.2, 0) is 4.74 Å². The zero-order chi connectivity index (χ0) is 19.5. The van der Waals surface area contributed by atoms with Gasteiger partial charge < -0.3 is 20.3 Å². The Morgan fingerprint density at radius 3 is 2.74 bits per heavy atom. The molecule has 1 fully saturated rings. The molecule has 6 heteroatoms. The first-order valence-corrected chi connectivity index (χ1v) is 10.2. The number of benzene rings is 1. The van der Waals surface area contributed by atoms with Gasteiger partial charge in [0.2, 0.25) is 0 Å². The zero-order valence-electron chi connectivity index (χ0n) is 17.5. The normalized spacial score (nSPS) is 16.8. The molecule has 0 amide bonds. The molecule has 0 aromatic heterocycles. The second-order valence-corrected chi connectivity index (χ2v) is 7.32. The number of aryl methyl sites for hydroxylation is 1. The first kappa shape index (κ1) is 21.5. The Morgan fingerprint density at radius 1 is 1.30 bits per heavy atom. The fraction of sp³-hybridized carbons (Fsp3) is 0.667. The summed E-state index contributed by atoms with van der Waals surface area (Å²) in [5, 5.41) is 6.90. The fourth-order valence-corrected chi connectivity index (χ4v) is 3.38. The van der Waals surface area contributed by atoms with Crippen LogP contribution in [0.1, 0.15) is 19.4 Å². The molecule has 0 saturated carbocycles. The van der Waals surface area contributed by atoms with E-state index in [1.807, 2.05) is 7.05 Å². The minimum atomic E-state index is 0.570. The van der Waals surface area contributed by atoms with Crippen molar-refractivity contribution in [2.24, 2.45) is 10.9 Å². The SMILES string of the molecule is CCN(CCNC(=NC)NCC(C)CN1CCOCC1)c1cccc(C)c1. The van der Waals surface area contributed by atoms with Gasteiger partial charge >= 0.3 is 0 Å². The molecule has 0 aliphatic carbocycles. The lowest BCUT2D eigenvalue weighted by Gasteiger charge is -2.29. The molecule has 1 atom stereocenters. The number of ether oxygens (including phenoxy) is 1. The van der Waals surface area contributed by atoms with Crippen molar-refractivity contribution in [3.8, 4) is 0 Å². The van der Waals surface area contributed by atoms with Crippen molar-refractivity contribution >= 4 is 11.6 Å². The summed E-state index contributed by atoms with van der Waals surface area (Å²) in [5.41, 5.74) is 2.58. The van der Waals surface area contributed by atoms with Gasteiger partial charge in [-0.3, -0.25) is 9.89 Å². The van der Waals surface area contributed by atoms with Crippen molar-refractivity contribution in [2.75, 3.05) is 71.0 Å². The van der Waals surface area contributed by atoms with Gasteiger partial charge in [-0.1, -0.05) is 19.1 Å². The second kappa shape index (κ2) is 11.8. The molecule has 1 aliphatic heterocycles. The standard InChI is InChI=1S/C21H37N5O/c1-5-26(20-8-6-7-18(2)15-20)10-9-23-21(22-4)24-16-19(3)17-25-11-13-27-14-12-25/h6-8,15,19H,5,9-14,16-17H2,1-4H3,(H2,22,23,24). The zero-order valence-corrected chi connectivity index (χ0v) is 17.5. The highest BCUT2D eigenvalue weighted by atomic mass is 16.5. The summed E-state index contributed by atoms with van der Waals surface area (Å²) in [6, 6.07) is 8.68. The van der Waals surface area contributed by atoms with E-state index in [-0.39, 0.29) is 0 Å². The van der Waals surface area contributed by atoms with Crippen molar-refractivity contribution in [3.63, 3.8) is 0 Å². The smallest absolute Gasteiger partial charge is 0.191 e. The van der Waals surface area contributed by atoms with E-state index in [1.54, 1.807) is 0 Å². The lowest BCUT2D eigenvalue weighted by Crippen LogP contribution is -2.45. The van der Waals surface area contributed by atoms with Gasteiger partial charge in [-0.05, 0) is 37.5 Å². The molecule has 2 N–H and O–H groups in total. The van der Waals surface area contributed by atoms with Crippen molar-refractivity contribution in [3.05, 3.63) is 29.8 Å². The molecular formula is C21H37N5O. The molecule has 1 saturated heterocycles. The Labute approximate surface area is 165 Å². The van der Waals surface area contributed by atoms with Crippen molar-refractivity contribution in [2.45, 2.75) is 20.8 Å². The van der Waals surface area contributed by atoms with Crippen molar-refractivity contribution in [1.29, 1.82) is 0 Å². The maximum Gasteiger partial charge on any atom is 0.191 e. The number of anilines is 1. The number of rotatable bonds is 9. The van der Waals surface area contributed by atoms with E-state index in [9.17, 15) is 0 Å². The van der Waals surface area contributed by atoms with Gasteiger partial charge in [-0.25, -0.2) is 0 Å². The maximum atomic E-state index is 5.42. The predicted molar refractivity (Wildman–Crippen MR) is 115 cm³/mol. The Bertz CT molecular complexity index is 571. The number of morpholine rings is 1. The van der Waals surface area contributed by atoms with Gasteiger partial charge in [0.1, 0.15) is 0 Å². The molecular weight excluding hydrogens is 338 g/mol. The molecule has 27 heavy (non-hydrogen) atoms. The third-order valence-electron chi connectivity index (χ3n) is 4.94. The molecule has 1 aromatic rings. The van der Waals surface area contributed by atoms with Crippen LogP contribution < -0.4 is 15.5 Å². The highest BCUT2D eigenvalue weighted by Gasteiger charge is 2.14. The summed E-state index contributed by atoms with van der Waals surface area (Å²) in [5.74, 6) is 1.45. The number of aliphatic imine (C=N–C) groups is 1. The van der Waals surface area contributed by atoms with Crippen molar-refractivity contribution in [1.82, 2.24) is 15.5 Å². The summed E-state index contributed by atoms with van der Waals surface area (Å²) < 4.78 is 5.42. The van der Waals surface area contributed by atoms with E-state index in [0.29, 0.717) is 5.92 Å². The number of hydrogen-bond donors (Lipinski definition) is 2. The second-order valence-electron chi connectivity index (χ2n) is 7.32. The quantitative estimate of drug-likeness (QED) is 0.510. The Hall–Kier alpha value is -1.79. The Morgan fingerprint density at radius 2 is 2.07 bits per heavy atom. The molecule has 0 radical (unpaired) electrons. The van der Waals surface area contributed by atoms with Crippen LogP contribution >= 0.6 is 0 Å². The number of likely N-dealkylation sites (N-methyl/N-ethyl adjacent to an activating group) is 1. The summed E-state index contributed by atoms with van der Waals surface area (Å²) in [6.07, 6.45) is 0. The maximum absolute atomic E-state index is 5.42. The number of nitrogens with zero attached hydrogens (tertiary/aromatic N) is 3. The molecule has 1 aromatic carbocycles. The largest absolute Gasteiger partial charge is 0.379 e. The fourth-order valence-electron chi connectivity index (χ4n) is 3.38. The van der Waals surface area contributed by atoms with Gasteiger partial charge in [-0.2, -0.15) is 0 Å². The van der Waals surface area contributed by atoms with Gasteiger partial charge in [0.25, 0.3) is 0 Å². The lowest BCUT2D eigenvalue weighted by molar-refractivity contribution is 0.0320. The average Bonchev–Trinajstić information content (AvgIpc) is 2.68. The molecule has 0 spiro atoms. The third-order valence-corrected chi connectivity index (χ3v) is 4.94. The summed E-state index contributed by atoms with van der Waals surface area (Å²) in [6.45, 7) is 15.3. The lowest BCUT2D eigenvalue weighted by atomic mass is 10.1. The van der Waals surface area contributed by atoms with Gasteiger partial charge in [-0.15, -0.1) is 0 Å². The highest BCUT2D eigenvalue weighted by molar-refractivity contribution is 5.79. The first-order valence-electron chi connectivity index (χ1n) is 10.2. The van der Waals surface area contributed by atoms with Gasteiger partial charge in [0.05, 0.1) is 13.2 Å². The van der Waals surface area contributed by atoms with Crippen molar-refractivity contribution < 1.29 is 4.74 Å². The van der Waals surface area contributed by atoms with Gasteiger partial charge in [0, 0.05) is 58.5 Å². The van der Waals surface area contributed by atoms with Crippen LogP contribution in [0.2, 0.25) is 0 Å². The van der Waals surface area contributed by atoms with E-state index < -0.39 is 0 Å². The Balaban J connectivity index is 1.69. The summed E-state index contributed by atoms with van der Waals surface area (Å²) in [4.78, 5) is 9.22. The third kappa shape index (κ3) is 7.77. The van der Waals surface area contributed by atoms with Crippen LogP contribution in [0.25, 0.3) is 0 Å². The van der Waals surface area contributed by atoms with Crippen LogP contribution in [0.15, 0.2) is 29.3 Å². The van der Waals surface area contributed by atoms with E-state index in [2.05, 4.69) is 70.5 Å². The minimum Gasteiger partial charge on any atom is -0.379 e. The van der Waals surface area contributed by atoms with E-state index >= 15 is 0 Å².